The maximum Gasteiger partial charge on any atom is 0.416 e. The van der Waals surface area contributed by atoms with Gasteiger partial charge in [0.2, 0.25) is 0 Å². The normalized spacial score (nSPS) is 22.6. The molecule has 0 amide bonds. The number of aliphatic hydroxyl groups is 1. The van der Waals surface area contributed by atoms with Gasteiger partial charge in [-0.25, -0.2) is 0 Å². The number of rotatable bonds is 3. The summed E-state index contributed by atoms with van der Waals surface area (Å²) in [6, 6.07) is 4.93. The van der Waals surface area contributed by atoms with Crippen molar-refractivity contribution in [2.24, 2.45) is 5.92 Å². The van der Waals surface area contributed by atoms with Gasteiger partial charge < -0.3 is 10.4 Å². The van der Waals surface area contributed by atoms with E-state index >= 15 is 0 Å². The van der Waals surface area contributed by atoms with Crippen LogP contribution in [-0.4, -0.2) is 17.8 Å². The van der Waals surface area contributed by atoms with Crippen molar-refractivity contribution >= 4 is 5.69 Å². The molecule has 2 atom stereocenters. The average Bonchev–Trinajstić information content (AvgIpc) is 2.47. The molecule has 0 aromatic heterocycles. The first-order valence-electron chi connectivity index (χ1n) is 6.94. The minimum Gasteiger partial charge on any atom is -0.396 e. The number of halogens is 3. The third kappa shape index (κ3) is 3.67. The zero-order valence-corrected chi connectivity index (χ0v) is 11.5. The Morgan fingerprint density at radius 2 is 2.00 bits per heavy atom. The highest BCUT2D eigenvalue weighted by Crippen LogP contribution is 2.33. The average molecular weight is 298 g/mol. The van der Waals surface area contributed by atoms with Gasteiger partial charge in [0.25, 0.3) is 0 Å². The van der Waals surface area contributed by atoms with Crippen molar-refractivity contribution in [1.29, 1.82) is 5.26 Å². The molecule has 1 fully saturated rings. The van der Waals surface area contributed by atoms with Gasteiger partial charge in [-0.2, -0.15) is 18.4 Å². The molecule has 1 aliphatic rings. The summed E-state index contributed by atoms with van der Waals surface area (Å²) in [5.41, 5.74) is -0.449. The van der Waals surface area contributed by atoms with Crippen LogP contribution in [0.2, 0.25) is 0 Å². The van der Waals surface area contributed by atoms with Crippen LogP contribution in [0.25, 0.3) is 0 Å². The first kappa shape index (κ1) is 15.6. The van der Waals surface area contributed by atoms with Crippen molar-refractivity contribution in [3.05, 3.63) is 29.3 Å². The fraction of sp³-hybridized carbons (Fsp3) is 0.533. The Hall–Kier alpha value is -1.74. The van der Waals surface area contributed by atoms with Crippen LogP contribution in [0.1, 0.15) is 36.8 Å². The van der Waals surface area contributed by atoms with E-state index < -0.39 is 11.7 Å². The maximum atomic E-state index is 12.6. The summed E-state index contributed by atoms with van der Waals surface area (Å²) in [7, 11) is 0. The molecule has 21 heavy (non-hydrogen) atoms. The lowest BCUT2D eigenvalue weighted by Crippen LogP contribution is -2.34. The van der Waals surface area contributed by atoms with Crippen LogP contribution in [-0.2, 0) is 6.18 Å². The van der Waals surface area contributed by atoms with E-state index in [0.29, 0.717) is 5.69 Å². The highest BCUT2D eigenvalue weighted by molar-refractivity contribution is 5.59. The van der Waals surface area contributed by atoms with Gasteiger partial charge in [-0.15, -0.1) is 0 Å². The van der Waals surface area contributed by atoms with Gasteiger partial charge in [0.05, 0.1) is 16.8 Å². The quantitative estimate of drug-likeness (QED) is 0.897. The number of nitrogens with one attached hydrogen (secondary N) is 1. The lowest BCUT2D eigenvalue weighted by Gasteiger charge is -2.32. The SMILES string of the molecule is N#Cc1cc(C(F)(F)F)ccc1NC1CCCCC1CO. The summed E-state index contributed by atoms with van der Waals surface area (Å²) in [4.78, 5) is 0. The summed E-state index contributed by atoms with van der Waals surface area (Å²) in [6.07, 6.45) is -0.672. The molecule has 2 N–H and O–H groups in total. The standard InChI is InChI=1S/C15H17F3N2O/c16-15(17,18)12-5-6-14(11(7-12)8-19)20-13-4-2-1-3-10(13)9-21/h5-7,10,13,20-21H,1-4,9H2. The lowest BCUT2D eigenvalue weighted by molar-refractivity contribution is -0.137. The molecule has 6 heteroatoms. The van der Waals surface area contributed by atoms with E-state index in [-0.39, 0.29) is 24.1 Å². The summed E-state index contributed by atoms with van der Waals surface area (Å²) >= 11 is 0. The smallest absolute Gasteiger partial charge is 0.396 e. The molecule has 0 saturated heterocycles. The monoisotopic (exact) mass is 298 g/mol. The van der Waals surface area contributed by atoms with Gasteiger partial charge in [0, 0.05) is 18.6 Å². The number of alkyl halides is 3. The largest absolute Gasteiger partial charge is 0.416 e. The van der Waals surface area contributed by atoms with Gasteiger partial charge in [-0.3, -0.25) is 0 Å². The Morgan fingerprint density at radius 1 is 1.29 bits per heavy atom. The number of nitrogens with zero attached hydrogens (tertiary/aromatic N) is 1. The number of anilines is 1. The molecular weight excluding hydrogens is 281 g/mol. The summed E-state index contributed by atoms with van der Waals surface area (Å²) in [5.74, 6) is 0.0765. The van der Waals surface area contributed by atoms with Crippen LogP contribution < -0.4 is 5.32 Å². The van der Waals surface area contributed by atoms with Gasteiger partial charge in [0.15, 0.2) is 0 Å². The molecule has 1 aromatic carbocycles. The second-order valence-corrected chi connectivity index (χ2v) is 5.35. The zero-order chi connectivity index (χ0) is 15.5. The Bertz CT molecular complexity index is 537. The first-order chi connectivity index (χ1) is 9.95. The van der Waals surface area contributed by atoms with Crippen LogP contribution in [0.3, 0.4) is 0 Å². The molecule has 0 heterocycles. The Morgan fingerprint density at radius 3 is 2.62 bits per heavy atom. The molecule has 2 rings (SSSR count). The first-order valence-corrected chi connectivity index (χ1v) is 6.94. The number of benzene rings is 1. The number of hydrogen-bond acceptors (Lipinski definition) is 3. The summed E-state index contributed by atoms with van der Waals surface area (Å²) in [6.45, 7) is 0.0419. The summed E-state index contributed by atoms with van der Waals surface area (Å²) < 4.78 is 37.9. The number of aliphatic hydroxyl groups excluding tert-OH is 1. The highest BCUT2D eigenvalue weighted by atomic mass is 19.4. The van der Waals surface area contributed by atoms with Crippen LogP contribution in [0.15, 0.2) is 18.2 Å². The second-order valence-electron chi connectivity index (χ2n) is 5.35. The van der Waals surface area contributed by atoms with Crippen molar-refractivity contribution in [1.82, 2.24) is 0 Å². The highest BCUT2D eigenvalue weighted by Gasteiger charge is 2.31. The van der Waals surface area contributed by atoms with Crippen LogP contribution in [0.4, 0.5) is 18.9 Å². The van der Waals surface area contributed by atoms with E-state index in [2.05, 4.69) is 5.32 Å². The van der Waals surface area contributed by atoms with E-state index in [1.54, 1.807) is 6.07 Å². The van der Waals surface area contributed by atoms with Crippen LogP contribution >= 0.6 is 0 Å². The molecule has 1 aliphatic carbocycles. The van der Waals surface area contributed by atoms with E-state index in [1.807, 2.05) is 0 Å². The van der Waals surface area contributed by atoms with Gasteiger partial charge in [0.1, 0.15) is 6.07 Å². The Kier molecular flexibility index (Phi) is 4.73. The van der Waals surface area contributed by atoms with Gasteiger partial charge in [-0.05, 0) is 31.0 Å². The van der Waals surface area contributed by atoms with Crippen molar-refractivity contribution in [3.8, 4) is 6.07 Å². The molecule has 2 unspecified atom stereocenters. The zero-order valence-electron chi connectivity index (χ0n) is 11.5. The maximum absolute atomic E-state index is 12.6. The Labute approximate surface area is 121 Å². The molecule has 0 spiro atoms. The minimum absolute atomic E-state index is 0.00686. The van der Waals surface area contributed by atoms with Crippen LogP contribution in [0.5, 0.6) is 0 Å². The number of nitriles is 1. The van der Waals surface area contributed by atoms with Crippen LogP contribution in [0, 0.1) is 17.2 Å². The van der Waals surface area contributed by atoms with E-state index in [9.17, 15) is 18.3 Å². The second kappa shape index (κ2) is 6.35. The fourth-order valence-corrected chi connectivity index (χ4v) is 2.75. The van der Waals surface area contributed by atoms with Crippen molar-refractivity contribution in [2.75, 3.05) is 11.9 Å². The van der Waals surface area contributed by atoms with Crippen molar-refractivity contribution in [2.45, 2.75) is 37.9 Å². The third-order valence-corrected chi connectivity index (χ3v) is 3.95. The predicted octanol–water partition coefficient (Wildman–Crippen LogP) is 3.54. The van der Waals surface area contributed by atoms with E-state index in [4.69, 9.17) is 5.26 Å². The molecule has 1 aromatic rings. The van der Waals surface area contributed by atoms with Crippen molar-refractivity contribution < 1.29 is 18.3 Å². The molecule has 0 aliphatic heterocycles. The minimum atomic E-state index is -4.46. The topological polar surface area (TPSA) is 56.0 Å². The fourth-order valence-electron chi connectivity index (χ4n) is 2.75. The summed E-state index contributed by atoms with van der Waals surface area (Å²) in [5, 5.41) is 21.5. The predicted molar refractivity (Wildman–Crippen MR) is 72.6 cm³/mol. The third-order valence-electron chi connectivity index (χ3n) is 3.95. The molecule has 1 saturated carbocycles. The van der Waals surface area contributed by atoms with E-state index in [0.717, 1.165) is 37.8 Å². The van der Waals surface area contributed by atoms with Crippen molar-refractivity contribution in [3.63, 3.8) is 0 Å². The molecular formula is C15H17F3N2O. The molecule has 114 valence electrons. The molecule has 0 bridgehead atoms. The van der Waals surface area contributed by atoms with E-state index in [1.165, 1.54) is 6.07 Å². The Balaban J connectivity index is 2.22. The van der Waals surface area contributed by atoms with Gasteiger partial charge >= 0.3 is 6.18 Å². The molecule has 3 nitrogen and oxygen atoms in total. The lowest BCUT2D eigenvalue weighted by atomic mass is 9.85. The number of hydrogen-bond donors (Lipinski definition) is 2. The molecule has 0 radical (unpaired) electrons. The van der Waals surface area contributed by atoms with Gasteiger partial charge in [-0.1, -0.05) is 12.8 Å².